The molecule has 0 aliphatic heterocycles. The third kappa shape index (κ3) is 60.2. The molecule has 0 saturated heterocycles. The average Bonchev–Trinajstić information content (AvgIpc) is 3.44. The van der Waals surface area contributed by atoms with Crippen LogP contribution >= 0.6 is 0 Å². The Bertz CT molecular complexity index is 1280. The third-order valence-electron chi connectivity index (χ3n) is 15.4. The number of hydrogen-bond acceptors (Lipinski definition) is 7. The predicted octanol–water partition coefficient (Wildman–Crippen LogP) is 19.1. The summed E-state index contributed by atoms with van der Waals surface area (Å²) in [6.07, 6.45) is 80.6. The highest BCUT2D eigenvalue weighted by Gasteiger charge is 2.19. The van der Waals surface area contributed by atoms with Crippen molar-refractivity contribution in [1.82, 2.24) is 14.7 Å². The highest BCUT2D eigenvalue weighted by atomic mass is 16.3. The molecular formula is C73H135N3O4. The molecule has 466 valence electrons. The summed E-state index contributed by atoms with van der Waals surface area (Å²) in [6.45, 7) is 14.4. The van der Waals surface area contributed by atoms with Gasteiger partial charge in [0.15, 0.2) is 0 Å². The van der Waals surface area contributed by atoms with E-state index in [0.717, 1.165) is 129 Å². The highest BCUT2D eigenvalue weighted by Crippen LogP contribution is 2.14. The lowest BCUT2D eigenvalue weighted by molar-refractivity contribution is 0.0499. The normalized spacial score (nSPS) is 14.4. The molecule has 4 atom stereocenters. The van der Waals surface area contributed by atoms with Gasteiger partial charge in [0, 0.05) is 52.4 Å². The molecular weight excluding hydrogens is 983 g/mol. The van der Waals surface area contributed by atoms with E-state index in [9.17, 15) is 20.4 Å². The quantitative estimate of drug-likeness (QED) is 0.0356. The summed E-state index contributed by atoms with van der Waals surface area (Å²) < 4.78 is 0. The van der Waals surface area contributed by atoms with Crippen LogP contribution in [-0.4, -0.2) is 119 Å². The second kappa shape index (κ2) is 64.2. The van der Waals surface area contributed by atoms with Gasteiger partial charge < -0.3 is 25.3 Å². The van der Waals surface area contributed by atoms with Crippen molar-refractivity contribution in [3.05, 3.63) is 97.2 Å². The maximum Gasteiger partial charge on any atom is 0.0667 e. The van der Waals surface area contributed by atoms with Gasteiger partial charge in [0.25, 0.3) is 0 Å². The Hall–Kier alpha value is -2.36. The summed E-state index contributed by atoms with van der Waals surface area (Å²) in [5.74, 6) is 0. The first-order chi connectivity index (χ1) is 39.2. The van der Waals surface area contributed by atoms with Crippen molar-refractivity contribution in [2.24, 2.45) is 0 Å². The van der Waals surface area contributed by atoms with Crippen molar-refractivity contribution in [2.45, 2.75) is 309 Å². The first-order valence-electron chi connectivity index (χ1n) is 34.3. The Morgan fingerprint density at radius 2 is 0.450 bits per heavy atom. The molecule has 0 heterocycles. The van der Waals surface area contributed by atoms with Gasteiger partial charge in [-0.05, 0) is 161 Å². The number of aliphatic hydroxyl groups excluding tert-OH is 4. The van der Waals surface area contributed by atoms with E-state index in [1.807, 2.05) is 0 Å². The molecule has 0 aliphatic rings. The number of likely N-dealkylation sites (N-methyl/N-ethyl adjacent to an activating group) is 1. The Labute approximate surface area is 498 Å². The van der Waals surface area contributed by atoms with Gasteiger partial charge in [-0.25, -0.2) is 0 Å². The van der Waals surface area contributed by atoms with Crippen LogP contribution in [-0.2, 0) is 0 Å². The monoisotopic (exact) mass is 1120 g/mol. The number of rotatable bonds is 62. The molecule has 0 aromatic rings. The van der Waals surface area contributed by atoms with Crippen molar-refractivity contribution >= 4 is 0 Å². The fourth-order valence-corrected chi connectivity index (χ4v) is 10.2. The fraction of sp³-hybridized carbons (Fsp3) is 0.781. The van der Waals surface area contributed by atoms with Gasteiger partial charge in [0.05, 0.1) is 24.4 Å². The van der Waals surface area contributed by atoms with Gasteiger partial charge in [0.1, 0.15) is 0 Å². The lowest BCUT2D eigenvalue weighted by Gasteiger charge is -2.31. The van der Waals surface area contributed by atoms with Gasteiger partial charge in [-0.1, -0.05) is 228 Å². The maximum absolute atomic E-state index is 11.3. The lowest BCUT2D eigenvalue weighted by Crippen LogP contribution is -2.44. The van der Waals surface area contributed by atoms with Gasteiger partial charge >= 0.3 is 0 Å². The van der Waals surface area contributed by atoms with E-state index >= 15 is 0 Å². The minimum atomic E-state index is -0.441. The SMILES string of the molecule is CCCCCCC/C=C\C/C=C\CCCC(O)CN(CCN(C)CCN(CC(O)CCC/C=C\C/C=C\CCCCCCC)CC(O)CCC/C=C\C/C=C\CCCCCCC)CC(O)CCC/C=C\C/C=C\CCCCCCC. The minimum Gasteiger partial charge on any atom is -0.392 e. The van der Waals surface area contributed by atoms with Crippen LogP contribution in [0.25, 0.3) is 0 Å². The zero-order valence-corrected chi connectivity index (χ0v) is 53.6. The number of unbranched alkanes of at least 4 members (excludes halogenated alkanes) is 24. The Balaban J connectivity index is 5.44. The Morgan fingerprint density at radius 3 is 0.662 bits per heavy atom. The molecule has 7 nitrogen and oxygen atoms in total. The van der Waals surface area contributed by atoms with Gasteiger partial charge in [0.2, 0.25) is 0 Å². The molecule has 4 N–H and O–H groups in total. The van der Waals surface area contributed by atoms with Gasteiger partial charge in [-0.2, -0.15) is 0 Å². The first kappa shape index (κ1) is 77.6. The molecule has 4 unspecified atom stereocenters. The van der Waals surface area contributed by atoms with E-state index in [-0.39, 0.29) is 0 Å². The summed E-state index contributed by atoms with van der Waals surface area (Å²) >= 11 is 0. The number of allylic oxidation sites excluding steroid dienone is 16. The number of aliphatic hydroxyl groups is 4. The summed E-state index contributed by atoms with van der Waals surface area (Å²) in [4.78, 5) is 6.90. The van der Waals surface area contributed by atoms with E-state index in [1.54, 1.807) is 0 Å². The molecule has 7 heteroatoms. The molecule has 0 rings (SSSR count). The third-order valence-corrected chi connectivity index (χ3v) is 15.4. The number of nitrogens with zero attached hydrogens (tertiary/aromatic N) is 3. The standard InChI is InChI=1S/C73H135N3O4/c1-6-10-14-18-22-26-30-34-38-42-46-50-54-58-70(77)66-75(67-71(78)59-55-51-47-43-39-35-31-27-23-19-15-11-7-2)64-62-74(5)63-65-76(68-72(79)60-56-52-48-44-40-36-32-28-24-20-16-12-8-3)69-73(80)61-57-53-49-45-41-37-33-29-25-21-17-13-9-4/h30-37,42-49,70-73,77-80H,6-29,38-41,50-69H2,1-5H3/b34-30-,35-31-,36-32-,37-33-,46-42-,47-43-,48-44-,49-45-. The topological polar surface area (TPSA) is 90.6 Å². The lowest BCUT2D eigenvalue weighted by atomic mass is 10.1. The molecule has 0 aromatic carbocycles. The predicted molar refractivity (Wildman–Crippen MR) is 355 cm³/mol. The van der Waals surface area contributed by atoms with Crippen molar-refractivity contribution in [2.75, 3.05) is 59.4 Å². The van der Waals surface area contributed by atoms with E-state index in [1.165, 1.54) is 154 Å². The molecule has 0 aliphatic carbocycles. The van der Waals surface area contributed by atoms with Crippen LogP contribution in [0.3, 0.4) is 0 Å². The number of hydrogen-bond donors (Lipinski definition) is 4. The largest absolute Gasteiger partial charge is 0.392 e. The van der Waals surface area contributed by atoms with Crippen LogP contribution in [0.15, 0.2) is 97.2 Å². The van der Waals surface area contributed by atoms with Crippen molar-refractivity contribution < 1.29 is 20.4 Å². The second-order valence-corrected chi connectivity index (χ2v) is 23.7. The summed E-state index contributed by atoms with van der Waals surface area (Å²) in [5.41, 5.74) is 0. The van der Waals surface area contributed by atoms with Crippen LogP contribution in [0.2, 0.25) is 0 Å². The van der Waals surface area contributed by atoms with Gasteiger partial charge in [-0.3, -0.25) is 9.80 Å². The smallest absolute Gasteiger partial charge is 0.0667 e. The van der Waals surface area contributed by atoms with Crippen LogP contribution < -0.4 is 0 Å². The molecule has 0 aromatic heterocycles. The van der Waals surface area contributed by atoms with Crippen LogP contribution in [0.5, 0.6) is 0 Å². The molecule has 0 fully saturated rings. The zero-order valence-electron chi connectivity index (χ0n) is 53.6. The summed E-state index contributed by atoms with van der Waals surface area (Å²) in [5, 5.41) is 45.2. The molecule has 0 radical (unpaired) electrons. The fourth-order valence-electron chi connectivity index (χ4n) is 10.2. The van der Waals surface area contributed by atoms with Crippen molar-refractivity contribution in [3.8, 4) is 0 Å². The van der Waals surface area contributed by atoms with Crippen molar-refractivity contribution in [3.63, 3.8) is 0 Å². The molecule has 0 spiro atoms. The molecule has 80 heavy (non-hydrogen) atoms. The average molecular weight is 1120 g/mol. The summed E-state index contributed by atoms with van der Waals surface area (Å²) in [7, 11) is 2.16. The first-order valence-corrected chi connectivity index (χ1v) is 34.3. The Kier molecular flexibility index (Phi) is 62.3. The summed E-state index contributed by atoms with van der Waals surface area (Å²) in [6, 6.07) is 0. The van der Waals surface area contributed by atoms with Crippen LogP contribution in [0.4, 0.5) is 0 Å². The zero-order chi connectivity index (χ0) is 58.3. The maximum atomic E-state index is 11.3. The van der Waals surface area contributed by atoms with E-state index in [0.29, 0.717) is 26.2 Å². The van der Waals surface area contributed by atoms with Gasteiger partial charge in [-0.15, -0.1) is 0 Å². The Morgan fingerprint density at radius 1 is 0.250 bits per heavy atom. The highest BCUT2D eigenvalue weighted by molar-refractivity contribution is 4.96. The minimum absolute atomic E-state index is 0.441. The molecule has 0 amide bonds. The van der Waals surface area contributed by atoms with Crippen LogP contribution in [0.1, 0.15) is 285 Å². The van der Waals surface area contributed by atoms with E-state index < -0.39 is 24.4 Å². The van der Waals surface area contributed by atoms with E-state index in [2.05, 4.69) is 147 Å². The van der Waals surface area contributed by atoms with Crippen LogP contribution in [0, 0.1) is 0 Å². The second-order valence-electron chi connectivity index (χ2n) is 23.7. The van der Waals surface area contributed by atoms with E-state index in [4.69, 9.17) is 0 Å². The van der Waals surface area contributed by atoms with Crippen molar-refractivity contribution in [1.29, 1.82) is 0 Å². The molecule has 0 saturated carbocycles. The molecule has 0 bridgehead atoms.